The molecular formula is C36H49N3O9. The van der Waals surface area contributed by atoms with Gasteiger partial charge in [0.05, 0.1) is 12.2 Å². The van der Waals surface area contributed by atoms with Crippen molar-refractivity contribution < 1.29 is 44.3 Å². The number of aliphatic hydroxyl groups is 4. The Labute approximate surface area is 281 Å². The van der Waals surface area contributed by atoms with Crippen LogP contribution in [0.3, 0.4) is 0 Å². The number of hydrogen-bond donors (Lipinski definition) is 5. The zero-order valence-electron chi connectivity index (χ0n) is 28.4. The van der Waals surface area contributed by atoms with E-state index in [1.807, 2.05) is 62.3 Å². The third kappa shape index (κ3) is 6.80. The number of aliphatic hydroxyl groups excluding tert-OH is 3. The molecule has 48 heavy (non-hydrogen) atoms. The van der Waals surface area contributed by atoms with Gasteiger partial charge in [0.15, 0.2) is 5.60 Å². The van der Waals surface area contributed by atoms with E-state index in [-0.39, 0.29) is 37.2 Å². The number of ether oxygens (including phenoxy) is 2. The number of nitrogens with one attached hydrogen (secondary N) is 1. The number of benzene rings is 2. The fourth-order valence-corrected chi connectivity index (χ4v) is 6.94. The molecule has 12 heteroatoms. The standard InChI is InChI=1S/C36H49N3O9/c1-22-9-14-26(36-32(44)30(42)31(43)35(48-36,21-47-36)34(2,3)46)20-25(22)19-24-12-10-23(11-13-24)7-6-8-28(40)39-27(15-16-29(39)41)33(45)37-17-18-38(4)5/h9-14,20,27,30-32,42-44,46H,6-8,15-19,21H2,1-5H3,(H,37,45)/t27?,30-,31-,32+,35-,36-/m0/s1. The normalized spacial score (nSPS) is 28.7. The number of rotatable bonds is 12. The third-order valence-electron chi connectivity index (χ3n) is 10.1. The molecule has 3 fully saturated rings. The van der Waals surface area contributed by atoms with Gasteiger partial charge in [-0.2, -0.15) is 0 Å². The monoisotopic (exact) mass is 667 g/mol. The number of amides is 3. The molecule has 1 unspecified atom stereocenters. The Kier molecular flexibility index (Phi) is 10.5. The lowest BCUT2D eigenvalue weighted by Gasteiger charge is -2.50. The SMILES string of the molecule is Cc1ccc([C@]23OC[C@](C(C)(C)O)(O2)[C@@H](O)[C@H](O)[C@H]3O)cc1Cc1ccc(CCCC(=O)N2C(=O)CCC2C(=O)NCCN(C)C)cc1. The van der Waals surface area contributed by atoms with Crippen LogP contribution in [0.2, 0.25) is 0 Å². The van der Waals surface area contributed by atoms with Crippen molar-refractivity contribution in [2.75, 3.05) is 33.8 Å². The van der Waals surface area contributed by atoms with Gasteiger partial charge in [-0.3, -0.25) is 19.3 Å². The van der Waals surface area contributed by atoms with Gasteiger partial charge in [0.2, 0.25) is 23.5 Å². The summed E-state index contributed by atoms with van der Waals surface area (Å²) < 4.78 is 12.2. The predicted octanol–water partition coefficient (Wildman–Crippen LogP) is 0.910. The Bertz CT molecular complexity index is 1510. The Morgan fingerprint density at radius 3 is 2.42 bits per heavy atom. The molecule has 3 aliphatic heterocycles. The number of likely N-dealkylation sites (tertiary alicyclic amines) is 1. The van der Waals surface area contributed by atoms with E-state index in [0.717, 1.165) is 27.2 Å². The van der Waals surface area contributed by atoms with E-state index in [9.17, 15) is 34.8 Å². The number of hydrogen-bond acceptors (Lipinski definition) is 10. The first kappa shape index (κ1) is 36.1. The van der Waals surface area contributed by atoms with Crippen molar-refractivity contribution in [2.45, 2.75) is 101 Å². The third-order valence-corrected chi connectivity index (χ3v) is 10.1. The number of aryl methyl sites for hydroxylation is 2. The quantitative estimate of drug-likeness (QED) is 0.219. The highest BCUT2D eigenvalue weighted by atomic mass is 16.8. The number of fused-ring (bicyclic) bond motifs is 2. The molecule has 5 N–H and O–H groups in total. The van der Waals surface area contributed by atoms with Crippen LogP contribution in [-0.2, 0) is 42.5 Å². The minimum Gasteiger partial charge on any atom is -0.387 e. The van der Waals surface area contributed by atoms with Crippen molar-refractivity contribution in [1.29, 1.82) is 0 Å². The summed E-state index contributed by atoms with van der Waals surface area (Å²) in [6, 6.07) is 12.8. The molecule has 12 nitrogen and oxygen atoms in total. The summed E-state index contributed by atoms with van der Waals surface area (Å²) in [5.41, 5.74) is 1.26. The van der Waals surface area contributed by atoms with Gasteiger partial charge in [-0.15, -0.1) is 0 Å². The maximum atomic E-state index is 13.0. The van der Waals surface area contributed by atoms with E-state index in [4.69, 9.17) is 9.47 Å². The fourth-order valence-electron chi connectivity index (χ4n) is 6.94. The molecule has 2 bridgehead atoms. The van der Waals surface area contributed by atoms with Gasteiger partial charge in [0.1, 0.15) is 24.4 Å². The molecule has 3 heterocycles. The number of carbonyl (C=O) groups is 3. The lowest BCUT2D eigenvalue weighted by Crippen LogP contribution is -2.70. The van der Waals surface area contributed by atoms with Gasteiger partial charge < -0.3 is 40.1 Å². The molecule has 6 atom stereocenters. The molecule has 3 aliphatic rings. The summed E-state index contributed by atoms with van der Waals surface area (Å²) in [6.45, 7) is 5.82. The van der Waals surface area contributed by atoms with Crippen LogP contribution in [0.4, 0.5) is 0 Å². The predicted molar refractivity (Wildman–Crippen MR) is 176 cm³/mol. The summed E-state index contributed by atoms with van der Waals surface area (Å²) in [4.78, 5) is 41.2. The number of imide groups is 1. The van der Waals surface area contributed by atoms with Gasteiger partial charge in [0.25, 0.3) is 0 Å². The van der Waals surface area contributed by atoms with E-state index < -0.39 is 41.3 Å². The van der Waals surface area contributed by atoms with Gasteiger partial charge in [-0.05, 0) is 88.9 Å². The van der Waals surface area contributed by atoms with Crippen molar-refractivity contribution in [2.24, 2.45) is 0 Å². The Balaban J connectivity index is 1.20. The number of likely N-dealkylation sites (N-methyl/N-ethyl adjacent to an activating group) is 1. The van der Waals surface area contributed by atoms with E-state index in [2.05, 4.69) is 5.32 Å². The van der Waals surface area contributed by atoms with Crippen LogP contribution in [0.1, 0.15) is 67.3 Å². The highest BCUT2D eigenvalue weighted by molar-refractivity contribution is 6.02. The number of carbonyl (C=O) groups excluding carboxylic acids is 3. The Morgan fingerprint density at radius 1 is 1.06 bits per heavy atom. The highest BCUT2D eigenvalue weighted by Crippen LogP contribution is 2.53. The average molecular weight is 668 g/mol. The van der Waals surface area contributed by atoms with E-state index >= 15 is 0 Å². The van der Waals surface area contributed by atoms with E-state index in [0.29, 0.717) is 44.3 Å². The molecule has 0 aliphatic carbocycles. The summed E-state index contributed by atoms with van der Waals surface area (Å²) >= 11 is 0. The van der Waals surface area contributed by atoms with Crippen LogP contribution < -0.4 is 5.32 Å². The number of nitrogens with zero attached hydrogens (tertiary/aromatic N) is 2. The largest absolute Gasteiger partial charge is 0.387 e. The van der Waals surface area contributed by atoms with Crippen LogP contribution >= 0.6 is 0 Å². The van der Waals surface area contributed by atoms with Crippen molar-refractivity contribution in [3.63, 3.8) is 0 Å². The molecule has 2 aromatic carbocycles. The molecule has 3 saturated heterocycles. The van der Waals surface area contributed by atoms with Crippen molar-refractivity contribution in [3.8, 4) is 0 Å². The van der Waals surface area contributed by atoms with Gasteiger partial charge in [-0.25, -0.2) is 0 Å². The molecule has 0 saturated carbocycles. The maximum Gasteiger partial charge on any atom is 0.243 e. The second-order valence-corrected chi connectivity index (χ2v) is 14.2. The zero-order chi connectivity index (χ0) is 35.0. The second kappa shape index (κ2) is 13.9. The minimum atomic E-state index is -1.77. The van der Waals surface area contributed by atoms with Crippen LogP contribution in [0.15, 0.2) is 42.5 Å². The molecular weight excluding hydrogens is 618 g/mol. The Hall–Kier alpha value is -3.23. The molecule has 262 valence electrons. The molecule has 0 radical (unpaired) electrons. The highest BCUT2D eigenvalue weighted by Gasteiger charge is 2.71. The fraction of sp³-hybridized carbons (Fsp3) is 0.583. The van der Waals surface area contributed by atoms with Crippen molar-refractivity contribution in [1.82, 2.24) is 15.1 Å². The lowest BCUT2D eigenvalue weighted by atomic mass is 9.75. The molecule has 0 aromatic heterocycles. The first-order valence-electron chi connectivity index (χ1n) is 16.7. The van der Waals surface area contributed by atoms with Gasteiger partial charge in [-0.1, -0.05) is 36.4 Å². The van der Waals surface area contributed by atoms with E-state index in [1.165, 1.54) is 13.8 Å². The topological polar surface area (TPSA) is 169 Å². The minimum absolute atomic E-state index is 0.166. The van der Waals surface area contributed by atoms with Crippen LogP contribution in [-0.4, -0.2) is 117 Å². The summed E-state index contributed by atoms with van der Waals surface area (Å²) in [6.07, 6.45) is -2.33. The smallest absolute Gasteiger partial charge is 0.243 e. The Morgan fingerprint density at radius 2 is 1.75 bits per heavy atom. The van der Waals surface area contributed by atoms with Gasteiger partial charge in [0, 0.05) is 31.5 Å². The molecule has 0 spiro atoms. The molecule has 2 aromatic rings. The van der Waals surface area contributed by atoms with Crippen LogP contribution in [0.25, 0.3) is 0 Å². The van der Waals surface area contributed by atoms with Crippen molar-refractivity contribution in [3.05, 3.63) is 70.3 Å². The van der Waals surface area contributed by atoms with Crippen LogP contribution in [0, 0.1) is 6.92 Å². The summed E-state index contributed by atoms with van der Waals surface area (Å²) in [5.74, 6) is -2.68. The van der Waals surface area contributed by atoms with Crippen molar-refractivity contribution >= 4 is 17.7 Å². The summed E-state index contributed by atoms with van der Waals surface area (Å²) in [7, 11) is 3.81. The zero-order valence-corrected chi connectivity index (χ0v) is 28.4. The first-order valence-corrected chi connectivity index (χ1v) is 16.7. The molecule has 5 rings (SSSR count). The second-order valence-electron chi connectivity index (χ2n) is 14.2. The van der Waals surface area contributed by atoms with E-state index in [1.54, 1.807) is 6.07 Å². The van der Waals surface area contributed by atoms with Gasteiger partial charge >= 0.3 is 0 Å². The molecule has 3 amide bonds. The van der Waals surface area contributed by atoms with Crippen LogP contribution in [0.5, 0.6) is 0 Å². The summed E-state index contributed by atoms with van der Waals surface area (Å²) in [5, 5.41) is 46.3. The first-order chi connectivity index (χ1) is 22.6. The lowest BCUT2D eigenvalue weighted by molar-refractivity contribution is -0.348. The average Bonchev–Trinajstić information content (AvgIpc) is 3.62. The maximum absolute atomic E-state index is 13.0.